The number of rotatable bonds is 4. The number of ether oxygens (including phenoxy) is 1. The molecular formula is C13H13N3O2. The first-order chi connectivity index (χ1) is 8.78. The molecule has 0 aliphatic rings. The zero-order valence-corrected chi connectivity index (χ0v) is 9.97. The van der Waals surface area contributed by atoms with Crippen LogP contribution in [0.4, 0.5) is 5.82 Å². The molecule has 1 heterocycles. The van der Waals surface area contributed by atoms with E-state index >= 15 is 0 Å². The van der Waals surface area contributed by atoms with Crippen LogP contribution in [-0.4, -0.2) is 30.4 Å². The van der Waals surface area contributed by atoms with Crippen LogP contribution in [0.5, 0.6) is 5.75 Å². The first kappa shape index (κ1) is 12.1. The molecule has 0 spiro atoms. The number of nitrogens with one attached hydrogen (secondary N) is 1. The molecule has 18 heavy (non-hydrogen) atoms. The summed E-state index contributed by atoms with van der Waals surface area (Å²) in [5.74, 6) is 1.33. The number of benzene rings is 1. The normalized spacial score (nSPS) is 10.1. The summed E-state index contributed by atoms with van der Waals surface area (Å²) in [7, 11) is 1.60. The van der Waals surface area contributed by atoms with Crippen molar-refractivity contribution in [2.45, 2.75) is 0 Å². The number of fused-ring (bicyclic) bond motifs is 1. The maximum absolute atomic E-state index is 8.95. The highest BCUT2D eigenvalue weighted by molar-refractivity contribution is 5.93. The Bertz CT molecular complexity index is 605. The summed E-state index contributed by atoms with van der Waals surface area (Å²) in [4.78, 5) is 4.19. The van der Waals surface area contributed by atoms with Crippen LogP contribution in [0.1, 0.15) is 5.69 Å². The van der Waals surface area contributed by atoms with E-state index in [9.17, 15) is 0 Å². The number of hydrogen-bond acceptors (Lipinski definition) is 5. The van der Waals surface area contributed by atoms with Crippen LogP contribution in [0.3, 0.4) is 0 Å². The minimum atomic E-state index is 0.0100. The van der Waals surface area contributed by atoms with Crippen LogP contribution in [0.2, 0.25) is 0 Å². The number of methoxy groups -OCH3 is 1. The molecule has 5 nitrogen and oxygen atoms in total. The molecule has 0 fully saturated rings. The van der Waals surface area contributed by atoms with E-state index in [0.29, 0.717) is 18.1 Å². The van der Waals surface area contributed by atoms with Crippen molar-refractivity contribution in [1.82, 2.24) is 4.98 Å². The van der Waals surface area contributed by atoms with Crippen molar-refractivity contribution in [2.24, 2.45) is 0 Å². The molecule has 0 aliphatic heterocycles. The number of aliphatic hydroxyl groups excluding tert-OH is 1. The SMILES string of the molecule is COc1ccc2c(NCCO)nc(C#N)cc2c1. The lowest BCUT2D eigenvalue weighted by Gasteiger charge is -2.09. The summed E-state index contributed by atoms with van der Waals surface area (Å²) < 4.78 is 5.15. The van der Waals surface area contributed by atoms with Gasteiger partial charge in [-0.1, -0.05) is 0 Å². The molecular weight excluding hydrogens is 230 g/mol. The molecule has 1 aromatic carbocycles. The molecule has 0 atom stereocenters. The van der Waals surface area contributed by atoms with Crippen molar-refractivity contribution in [3.05, 3.63) is 30.0 Å². The zero-order valence-electron chi connectivity index (χ0n) is 9.97. The average Bonchev–Trinajstić information content (AvgIpc) is 2.43. The standard InChI is InChI=1S/C13H13N3O2/c1-18-11-2-3-12-9(7-11)6-10(8-14)16-13(12)15-4-5-17/h2-3,6-7,17H,4-5H2,1H3,(H,15,16). The Morgan fingerprint density at radius 2 is 2.28 bits per heavy atom. The Morgan fingerprint density at radius 1 is 1.44 bits per heavy atom. The largest absolute Gasteiger partial charge is 0.497 e. The van der Waals surface area contributed by atoms with Crippen LogP contribution in [0, 0.1) is 11.3 Å². The lowest BCUT2D eigenvalue weighted by molar-refractivity contribution is 0.311. The molecule has 0 saturated heterocycles. The highest BCUT2D eigenvalue weighted by atomic mass is 16.5. The molecule has 0 bridgehead atoms. The summed E-state index contributed by atoms with van der Waals surface area (Å²) in [5.41, 5.74) is 0.330. The monoisotopic (exact) mass is 243 g/mol. The van der Waals surface area contributed by atoms with Crippen LogP contribution >= 0.6 is 0 Å². The van der Waals surface area contributed by atoms with Gasteiger partial charge in [0.1, 0.15) is 23.3 Å². The van der Waals surface area contributed by atoms with E-state index in [1.807, 2.05) is 24.3 Å². The number of nitriles is 1. The van der Waals surface area contributed by atoms with Gasteiger partial charge in [0, 0.05) is 11.9 Å². The molecule has 2 N–H and O–H groups in total. The fourth-order valence-electron chi connectivity index (χ4n) is 1.73. The van der Waals surface area contributed by atoms with E-state index in [1.54, 1.807) is 13.2 Å². The highest BCUT2D eigenvalue weighted by Crippen LogP contribution is 2.26. The lowest BCUT2D eigenvalue weighted by atomic mass is 10.1. The van der Waals surface area contributed by atoms with Crippen LogP contribution in [0.25, 0.3) is 10.8 Å². The van der Waals surface area contributed by atoms with Gasteiger partial charge in [-0.3, -0.25) is 0 Å². The van der Waals surface area contributed by atoms with Gasteiger partial charge in [0.25, 0.3) is 0 Å². The molecule has 2 aromatic rings. The van der Waals surface area contributed by atoms with E-state index in [1.165, 1.54) is 0 Å². The van der Waals surface area contributed by atoms with Gasteiger partial charge in [-0.05, 0) is 29.7 Å². The Hall–Kier alpha value is -2.32. The number of nitrogens with zero attached hydrogens (tertiary/aromatic N) is 2. The Morgan fingerprint density at radius 3 is 2.94 bits per heavy atom. The number of hydrogen-bond donors (Lipinski definition) is 2. The van der Waals surface area contributed by atoms with E-state index in [-0.39, 0.29) is 6.61 Å². The van der Waals surface area contributed by atoms with Crippen molar-refractivity contribution < 1.29 is 9.84 Å². The van der Waals surface area contributed by atoms with Gasteiger partial charge in [0.15, 0.2) is 0 Å². The van der Waals surface area contributed by atoms with Gasteiger partial charge in [-0.2, -0.15) is 5.26 Å². The van der Waals surface area contributed by atoms with Crippen molar-refractivity contribution in [3.63, 3.8) is 0 Å². The number of pyridine rings is 1. The first-order valence-electron chi connectivity index (χ1n) is 5.52. The second-order valence-electron chi connectivity index (χ2n) is 3.71. The third-order valence-corrected chi connectivity index (χ3v) is 2.56. The maximum atomic E-state index is 8.95. The summed E-state index contributed by atoms with van der Waals surface area (Å²) >= 11 is 0. The van der Waals surface area contributed by atoms with Crippen LogP contribution < -0.4 is 10.1 Å². The fourth-order valence-corrected chi connectivity index (χ4v) is 1.73. The third-order valence-electron chi connectivity index (χ3n) is 2.56. The van der Waals surface area contributed by atoms with Gasteiger partial charge < -0.3 is 15.2 Å². The molecule has 92 valence electrons. The Balaban J connectivity index is 2.57. The Labute approximate surface area is 105 Å². The van der Waals surface area contributed by atoms with Crippen molar-refractivity contribution in [3.8, 4) is 11.8 Å². The molecule has 0 saturated carbocycles. The second kappa shape index (κ2) is 5.34. The molecule has 0 amide bonds. The molecule has 2 rings (SSSR count). The smallest absolute Gasteiger partial charge is 0.143 e. The van der Waals surface area contributed by atoms with Crippen molar-refractivity contribution >= 4 is 16.6 Å². The van der Waals surface area contributed by atoms with E-state index in [4.69, 9.17) is 15.1 Å². The Kier molecular flexibility index (Phi) is 3.60. The van der Waals surface area contributed by atoms with Crippen LogP contribution in [0.15, 0.2) is 24.3 Å². The molecule has 0 radical (unpaired) electrons. The van der Waals surface area contributed by atoms with E-state index < -0.39 is 0 Å². The molecule has 5 heteroatoms. The summed E-state index contributed by atoms with van der Waals surface area (Å²) in [6.45, 7) is 0.402. The summed E-state index contributed by atoms with van der Waals surface area (Å²) in [5, 5.41) is 22.6. The van der Waals surface area contributed by atoms with E-state index in [0.717, 1.165) is 16.5 Å². The van der Waals surface area contributed by atoms with Crippen molar-refractivity contribution in [2.75, 3.05) is 25.6 Å². The predicted octanol–water partition coefficient (Wildman–Crippen LogP) is 1.52. The lowest BCUT2D eigenvalue weighted by Crippen LogP contribution is -2.08. The van der Waals surface area contributed by atoms with Gasteiger partial charge >= 0.3 is 0 Å². The number of aromatic nitrogens is 1. The maximum Gasteiger partial charge on any atom is 0.143 e. The predicted molar refractivity (Wildman–Crippen MR) is 68.6 cm³/mol. The minimum Gasteiger partial charge on any atom is -0.497 e. The molecule has 0 unspecified atom stereocenters. The topological polar surface area (TPSA) is 78.2 Å². The minimum absolute atomic E-state index is 0.0100. The number of aliphatic hydroxyl groups is 1. The van der Waals surface area contributed by atoms with Crippen molar-refractivity contribution in [1.29, 1.82) is 5.26 Å². The van der Waals surface area contributed by atoms with Crippen LogP contribution in [-0.2, 0) is 0 Å². The quantitative estimate of drug-likeness (QED) is 0.851. The molecule has 1 aromatic heterocycles. The number of anilines is 1. The summed E-state index contributed by atoms with van der Waals surface area (Å²) in [6.07, 6.45) is 0. The van der Waals surface area contributed by atoms with E-state index in [2.05, 4.69) is 10.3 Å². The third kappa shape index (κ3) is 2.34. The van der Waals surface area contributed by atoms with Gasteiger partial charge in [-0.15, -0.1) is 0 Å². The summed E-state index contributed by atoms with van der Waals surface area (Å²) in [6, 6.07) is 9.29. The van der Waals surface area contributed by atoms with Gasteiger partial charge in [-0.25, -0.2) is 4.98 Å². The first-order valence-corrected chi connectivity index (χ1v) is 5.52. The van der Waals surface area contributed by atoms with Gasteiger partial charge in [0.2, 0.25) is 0 Å². The highest BCUT2D eigenvalue weighted by Gasteiger charge is 2.06. The molecule has 0 aliphatic carbocycles. The van der Waals surface area contributed by atoms with Gasteiger partial charge in [0.05, 0.1) is 13.7 Å². The zero-order chi connectivity index (χ0) is 13.0. The fraction of sp³-hybridized carbons (Fsp3) is 0.231. The average molecular weight is 243 g/mol. The second-order valence-corrected chi connectivity index (χ2v) is 3.71.